The number of aliphatic imine (C=N–C) groups is 1. The summed E-state index contributed by atoms with van der Waals surface area (Å²) in [6, 6.07) is 7.89. The fraction of sp³-hybridized carbons (Fsp3) is 0.375. The standard InChI is InChI=1S/C16H23N5O.HI/c1-21-11-13(10-19-21)6-5-9-18-16(17)20-15-8-4-3-7-14(15)12-22-2;/h3-4,7-8,10-11H,5-6,9,12H2,1-2H3,(H3,17,18,20);1H. The van der Waals surface area contributed by atoms with Crippen LogP contribution >= 0.6 is 24.0 Å². The Hall–Kier alpha value is -1.61. The number of rotatable bonds is 7. The van der Waals surface area contributed by atoms with Crippen LogP contribution in [0.25, 0.3) is 0 Å². The average Bonchev–Trinajstić information content (AvgIpc) is 2.92. The quantitative estimate of drug-likeness (QED) is 0.307. The maximum absolute atomic E-state index is 5.94. The zero-order valence-corrected chi connectivity index (χ0v) is 15.9. The minimum Gasteiger partial charge on any atom is -0.380 e. The van der Waals surface area contributed by atoms with Crippen LogP contribution in [0.1, 0.15) is 17.5 Å². The van der Waals surface area contributed by atoms with Crippen molar-refractivity contribution >= 4 is 35.6 Å². The minimum absolute atomic E-state index is 0. The summed E-state index contributed by atoms with van der Waals surface area (Å²) < 4.78 is 6.98. The number of nitrogens with two attached hydrogens (primary N) is 1. The van der Waals surface area contributed by atoms with Gasteiger partial charge in [0, 0.05) is 38.1 Å². The van der Waals surface area contributed by atoms with E-state index in [1.54, 1.807) is 11.8 Å². The Balaban J connectivity index is 0.00000264. The van der Waals surface area contributed by atoms with Gasteiger partial charge in [-0.05, 0) is 24.5 Å². The van der Waals surface area contributed by atoms with E-state index in [0.717, 1.165) is 24.1 Å². The van der Waals surface area contributed by atoms with Gasteiger partial charge in [0.25, 0.3) is 0 Å². The van der Waals surface area contributed by atoms with Crippen molar-refractivity contribution in [1.29, 1.82) is 0 Å². The predicted molar refractivity (Wildman–Crippen MR) is 104 cm³/mol. The minimum atomic E-state index is 0. The predicted octanol–water partition coefficient (Wildman–Crippen LogP) is 2.54. The molecule has 0 bridgehead atoms. The van der Waals surface area contributed by atoms with E-state index < -0.39 is 0 Å². The molecular formula is C16H24IN5O. The van der Waals surface area contributed by atoms with Crippen molar-refractivity contribution < 1.29 is 4.74 Å². The summed E-state index contributed by atoms with van der Waals surface area (Å²) in [7, 11) is 3.59. The van der Waals surface area contributed by atoms with Crippen LogP contribution in [-0.2, 0) is 24.8 Å². The van der Waals surface area contributed by atoms with Crippen LogP contribution in [0.5, 0.6) is 0 Å². The van der Waals surface area contributed by atoms with Crippen molar-refractivity contribution in [3.8, 4) is 0 Å². The maximum Gasteiger partial charge on any atom is 0.193 e. The third-order valence-electron chi connectivity index (χ3n) is 3.24. The molecule has 0 amide bonds. The molecular weight excluding hydrogens is 405 g/mol. The van der Waals surface area contributed by atoms with Crippen molar-refractivity contribution in [2.75, 3.05) is 19.0 Å². The molecule has 1 heterocycles. The molecule has 0 saturated carbocycles. The molecule has 0 spiro atoms. The highest BCUT2D eigenvalue weighted by Crippen LogP contribution is 2.15. The molecule has 0 radical (unpaired) electrons. The number of anilines is 1. The monoisotopic (exact) mass is 429 g/mol. The van der Waals surface area contributed by atoms with Gasteiger partial charge in [-0.3, -0.25) is 9.67 Å². The van der Waals surface area contributed by atoms with Crippen LogP contribution in [0.15, 0.2) is 41.7 Å². The number of guanidine groups is 1. The SMILES string of the molecule is COCc1ccccc1NC(N)=NCCCc1cnn(C)c1.I. The zero-order valence-electron chi connectivity index (χ0n) is 13.5. The van der Waals surface area contributed by atoms with Gasteiger partial charge >= 0.3 is 0 Å². The number of nitrogens with one attached hydrogen (secondary N) is 1. The second kappa shape index (κ2) is 10.2. The molecule has 0 atom stereocenters. The van der Waals surface area contributed by atoms with Gasteiger partial charge in [0.05, 0.1) is 12.8 Å². The van der Waals surface area contributed by atoms with Gasteiger partial charge in [-0.25, -0.2) is 0 Å². The average molecular weight is 429 g/mol. The fourth-order valence-electron chi connectivity index (χ4n) is 2.18. The lowest BCUT2D eigenvalue weighted by molar-refractivity contribution is 0.185. The topological polar surface area (TPSA) is 77.5 Å². The Bertz CT molecular complexity index is 626. The lowest BCUT2D eigenvalue weighted by atomic mass is 10.2. The molecule has 0 saturated heterocycles. The lowest BCUT2D eigenvalue weighted by Crippen LogP contribution is -2.23. The second-order valence-electron chi connectivity index (χ2n) is 5.11. The summed E-state index contributed by atoms with van der Waals surface area (Å²) in [5, 5.41) is 7.27. The van der Waals surface area contributed by atoms with Crippen LogP contribution in [0.4, 0.5) is 5.69 Å². The number of hydrogen-bond donors (Lipinski definition) is 2. The first-order valence-electron chi connectivity index (χ1n) is 7.30. The van der Waals surface area contributed by atoms with Crippen LogP contribution < -0.4 is 11.1 Å². The molecule has 0 aliphatic rings. The summed E-state index contributed by atoms with van der Waals surface area (Å²) in [6.45, 7) is 1.22. The molecule has 0 fully saturated rings. The highest BCUT2D eigenvalue weighted by molar-refractivity contribution is 14.0. The Kier molecular flexibility index (Phi) is 8.64. The van der Waals surface area contributed by atoms with Gasteiger partial charge in [-0.1, -0.05) is 18.2 Å². The Morgan fingerprint density at radius 3 is 2.87 bits per heavy atom. The number of nitrogens with zero attached hydrogens (tertiary/aromatic N) is 3. The van der Waals surface area contributed by atoms with Gasteiger partial charge < -0.3 is 15.8 Å². The molecule has 3 N–H and O–H groups in total. The lowest BCUT2D eigenvalue weighted by Gasteiger charge is -2.10. The van der Waals surface area contributed by atoms with Crippen molar-refractivity contribution in [3.63, 3.8) is 0 Å². The van der Waals surface area contributed by atoms with E-state index in [1.807, 2.05) is 43.7 Å². The van der Waals surface area contributed by atoms with Crippen LogP contribution in [0.3, 0.4) is 0 Å². The summed E-state index contributed by atoms with van der Waals surface area (Å²) in [6.07, 6.45) is 5.79. The first-order valence-corrected chi connectivity index (χ1v) is 7.30. The van der Waals surface area contributed by atoms with E-state index in [9.17, 15) is 0 Å². The number of methoxy groups -OCH3 is 1. The Labute approximate surface area is 154 Å². The van der Waals surface area contributed by atoms with Crippen LogP contribution in [0, 0.1) is 0 Å². The molecule has 6 nitrogen and oxygen atoms in total. The highest BCUT2D eigenvalue weighted by atomic mass is 127. The molecule has 7 heteroatoms. The summed E-state index contributed by atoms with van der Waals surface area (Å²) in [5.41, 5.74) is 9.14. The summed E-state index contributed by atoms with van der Waals surface area (Å²) in [4.78, 5) is 4.36. The van der Waals surface area contributed by atoms with Crippen molar-refractivity contribution in [1.82, 2.24) is 9.78 Å². The molecule has 0 unspecified atom stereocenters. The molecule has 1 aromatic heterocycles. The molecule has 2 aromatic rings. The largest absolute Gasteiger partial charge is 0.380 e. The van der Waals surface area contributed by atoms with E-state index >= 15 is 0 Å². The summed E-state index contributed by atoms with van der Waals surface area (Å²) in [5.74, 6) is 0.426. The maximum atomic E-state index is 5.94. The highest BCUT2D eigenvalue weighted by Gasteiger charge is 2.02. The van der Waals surface area contributed by atoms with Gasteiger partial charge in [0.2, 0.25) is 0 Å². The van der Waals surface area contributed by atoms with Gasteiger partial charge in [-0.15, -0.1) is 24.0 Å². The van der Waals surface area contributed by atoms with E-state index in [1.165, 1.54) is 5.56 Å². The molecule has 0 aliphatic heterocycles. The Morgan fingerprint density at radius 2 is 2.17 bits per heavy atom. The zero-order chi connectivity index (χ0) is 15.8. The third-order valence-corrected chi connectivity index (χ3v) is 3.24. The molecule has 1 aromatic carbocycles. The fourth-order valence-corrected chi connectivity index (χ4v) is 2.18. The molecule has 0 aliphatic carbocycles. The van der Waals surface area contributed by atoms with E-state index in [4.69, 9.17) is 10.5 Å². The number of aromatic nitrogens is 2. The first kappa shape index (κ1) is 19.4. The van der Waals surface area contributed by atoms with Crippen LogP contribution in [-0.4, -0.2) is 29.4 Å². The molecule has 23 heavy (non-hydrogen) atoms. The summed E-state index contributed by atoms with van der Waals surface area (Å²) >= 11 is 0. The van der Waals surface area contributed by atoms with Crippen molar-refractivity contribution in [3.05, 3.63) is 47.8 Å². The van der Waals surface area contributed by atoms with Crippen molar-refractivity contribution in [2.24, 2.45) is 17.8 Å². The van der Waals surface area contributed by atoms with Gasteiger partial charge in [-0.2, -0.15) is 5.10 Å². The number of ether oxygens (including phenoxy) is 1. The number of aryl methyl sites for hydroxylation is 2. The van der Waals surface area contributed by atoms with E-state index in [0.29, 0.717) is 19.1 Å². The van der Waals surface area contributed by atoms with E-state index in [2.05, 4.69) is 15.4 Å². The first-order chi connectivity index (χ1) is 10.7. The van der Waals surface area contributed by atoms with Crippen molar-refractivity contribution in [2.45, 2.75) is 19.4 Å². The number of hydrogen-bond acceptors (Lipinski definition) is 3. The number of halogens is 1. The number of para-hydroxylation sites is 1. The van der Waals surface area contributed by atoms with E-state index in [-0.39, 0.29) is 24.0 Å². The molecule has 126 valence electrons. The Morgan fingerprint density at radius 1 is 1.39 bits per heavy atom. The number of benzene rings is 1. The normalized spacial score (nSPS) is 11.1. The van der Waals surface area contributed by atoms with Gasteiger partial charge in [0.1, 0.15) is 0 Å². The second-order valence-corrected chi connectivity index (χ2v) is 5.11. The molecule has 2 rings (SSSR count). The van der Waals surface area contributed by atoms with Gasteiger partial charge in [0.15, 0.2) is 5.96 Å². The third kappa shape index (κ3) is 6.57. The van der Waals surface area contributed by atoms with Crippen LogP contribution in [0.2, 0.25) is 0 Å². The smallest absolute Gasteiger partial charge is 0.193 e.